The van der Waals surface area contributed by atoms with Gasteiger partial charge in [-0.2, -0.15) is 0 Å². The zero-order chi connectivity index (χ0) is 16.0. The van der Waals surface area contributed by atoms with Gasteiger partial charge in [0.05, 0.1) is 5.52 Å². The Kier molecular flexibility index (Phi) is 3.36. The van der Waals surface area contributed by atoms with E-state index in [0.717, 1.165) is 16.5 Å². The first-order chi connectivity index (χ1) is 11.1. The van der Waals surface area contributed by atoms with Crippen molar-refractivity contribution in [3.63, 3.8) is 0 Å². The van der Waals surface area contributed by atoms with Crippen molar-refractivity contribution in [1.82, 2.24) is 4.57 Å². The first-order valence-electron chi connectivity index (χ1n) is 6.93. The Hall–Kier alpha value is -2.30. The Morgan fingerprint density at radius 1 is 1.17 bits per heavy atom. The largest absolute Gasteiger partial charge is 0.439 e. The molecule has 4 rings (SSSR count). The Morgan fingerprint density at radius 2 is 1.96 bits per heavy atom. The second kappa shape index (κ2) is 5.41. The van der Waals surface area contributed by atoms with E-state index in [9.17, 15) is 4.79 Å². The molecule has 0 radical (unpaired) electrons. The molecule has 0 bridgehead atoms. The molecule has 6 heteroatoms. The summed E-state index contributed by atoms with van der Waals surface area (Å²) in [4.78, 5) is 16.6. The molecule has 114 valence electrons. The number of ether oxygens (including phenoxy) is 1. The van der Waals surface area contributed by atoms with Gasteiger partial charge in [0.2, 0.25) is 0 Å². The highest BCUT2D eigenvalue weighted by Gasteiger charge is 2.29. The van der Waals surface area contributed by atoms with E-state index in [1.807, 2.05) is 36.4 Å². The molecule has 0 N–H and O–H groups in total. The number of hydrogen-bond acceptors (Lipinski definition) is 3. The fourth-order valence-corrected chi connectivity index (χ4v) is 3.07. The number of benzene rings is 2. The summed E-state index contributed by atoms with van der Waals surface area (Å²) in [5, 5.41) is 1.72. The topological polar surface area (TPSA) is 43.6 Å². The van der Waals surface area contributed by atoms with Crippen molar-refractivity contribution in [2.24, 2.45) is 4.99 Å². The molecular formula is C17H10Cl2N2O2. The number of aromatic nitrogens is 1. The molecule has 1 aromatic heterocycles. The fraction of sp³-hybridized carbons (Fsp3) is 0.0588. The second-order valence-electron chi connectivity index (χ2n) is 5.12. The van der Waals surface area contributed by atoms with Crippen molar-refractivity contribution in [1.29, 1.82) is 0 Å². The smallest absolute Gasteiger partial charge is 0.359 e. The van der Waals surface area contributed by atoms with Crippen molar-refractivity contribution < 1.29 is 9.53 Å². The van der Waals surface area contributed by atoms with Crippen molar-refractivity contribution in [3.05, 3.63) is 64.8 Å². The lowest BCUT2D eigenvalue weighted by Crippen LogP contribution is -1.95. The predicted molar refractivity (Wildman–Crippen MR) is 90.9 cm³/mol. The molecule has 2 aromatic carbocycles. The average molecular weight is 345 g/mol. The number of fused-ring (bicyclic) bond motifs is 3. The maximum atomic E-state index is 12.1. The number of halogens is 2. The van der Waals surface area contributed by atoms with Crippen LogP contribution in [0.5, 0.6) is 0 Å². The van der Waals surface area contributed by atoms with Gasteiger partial charge in [-0.1, -0.05) is 53.5 Å². The molecule has 23 heavy (non-hydrogen) atoms. The maximum absolute atomic E-state index is 12.1. The lowest BCUT2D eigenvalue weighted by atomic mass is 10.2. The normalized spacial score (nSPS) is 14.2. The van der Waals surface area contributed by atoms with Crippen LogP contribution in [0.25, 0.3) is 10.9 Å². The summed E-state index contributed by atoms with van der Waals surface area (Å²) in [5.41, 5.74) is 2.49. The van der Waals surface area contributed by atoms with Crippen LogP contribution in [0.2, 0.25) is 5.02 Å². The first-order valence-corrected chi connectivity index (χ1v) is 7.69. The van der Waals surface area contributed by atoms with Crippen molar-refractivity contribution >= 4 is 50.9 Å². The van der Waals surface area contributed by atoms with Crippen LogP contribution in [0.3, 0.4) is 0 Å². The van der Waals surface area contributed by atoms with Crippen LogP contribution < -0.4 is 0 Å². The average Bonchev–Trinajstić information content (AvgIpc) is 3.08. The number of hydrogen-bond donors (Lipinski definition) is 0. The van der Waals surface area contributed by atoms with Crippen LogP contribution in [0.1, 0.15) is 16.1 Å². The molecule has 0 saturated carbocycles. The van der Waals surface area contributed by atoms with Crippen molar-refractivity contribution in [2.45, 2.75) is 6.73 Å². The van der Waals surface area contributed by atoms with E-state index in [4.69, 9.17) is 27.9 Å². The molecule has 1 aliphatic heterocycles. The van der Waals surface area contributed by atoms with Crippen LogP contribution in [0.4, 0.5) is 5.69 Å². The molecule has 3 aromatic rings. The summed E-state index contributed by atoms with van der Waals surface area (Å²) in [6, 6.07) is 14.8. The monoisotopic (exact) mass is 344 g/mol. The van der Waals surface area contributed by atoms with E-state index in [0.29, 0.717) is 21.6 Å². The maximum Gasteiger partial charge on any atom is 0.359 e. The Labute approximate surface area is 141 Å². The van der Waals surface area contributed by atoms with Gasteiger partial charge >= 0.3 is 5.97 Å². The van der Waals surface area contributed by atoms with E-state index >= 15 is 0 Å². The summed E-state index contributed by atoms with van der Waals surface area (Å²) in [6.45, 7) is 0.156. The summed E-state index contributed by atoms with van der Waals surface area (Å²) in [6.07, 6.45) is 0. The zero-order valence-corrected chi connectivity index (χ0v) is 13.3. The molecule has 2 heterocycles. The molecular weight excluding hydrogens is 335 g/mol. The summed E-state index contributed by atoms with van der Waals surface area (Å²) >= 11 is 12.4. The van der Waals surface area contributed by atoms with Crippen LogP contribution in [-0.4, -0.2) is 15.7 Å². The number of cyclic esters (lactones) is 1. The summed E-state index contributed by atoms with van der Waals surface area (Å²) in [7, 11) is 0. The van der Waals surface area contributed by atoms with Gasteiger partial charge in [-0.3, -0.25) is 4.57 Å². The highest BCUT2D eigenvalue weighted by Crippen LogP contribution is 2.38. The van der Waals surface area contributed by atoms with Gasteiger partial charge in [0.15, 0.2) is 12.4 Å². The van der Waals surface area contributed by atoms with E-state index in [1.54, 1.807) is 16.7 Å². The molecule has 0 fully saturated rings. The van der Waals surface area contributed by atoms with Gasteiger partial charge < -0.3 is 4.74 Å². The molecule has 0 saturated heterocycles. The third kappa shape index (κ3) is 2.31. The molecule has 0 atom stereocenters. The molecule has 4 nitrogen and oxygen atoms in total. The number of rotatable bonds is 2. The van der Waals surface area contributed by atoms with Crippen LogP contribution in [0.15, 0.2) is 53.5 Å². The van der Waals surface area contributed by atoms with Crippen molar-refractivity contribution in [3.8, 4) is 0 Å². The molecule has 0 amide bonds. The Bertz CT molecular complexity index is 962. The quantitative estimate of drug-likeness (QED) is 0.497. The standard InChI is InChI=1S/C17H10Cl2N2O2/c18-11-6-7-12-13(8-11)21-9-23-17(22)15(21)14(12)20-16(19)10-4-2-1-3-5-10/h1-8H,9H2. The third-order valence-electron chi connectivity index (χ3n) is 3.74. The second-order valence-corrected chi connectivity index (χ2v) is 5.91. The first kappa shape index (κ1) is 14.3. The number of carbonyl (C=O) groups excluding carboxylic acids is 1. The molecule has 0 unspecified atom stereocenters. The molecule has 0 aliphatic carbocycles. The van der Waals surface area contributed by atoms with E-state index in [1.165, 1.54) is 0 Å². The van der Waals surface area contributed by atoms with Crippen LogP contribution in [0, 0.1) is 0 Å². The predicted octanol–water partition coefficient (Wildman–Crippen LogP) is 4.74. The molecule has 1 aliphatic rings. The SMILES string of the molecule is O=C1OCn2c1c(N=C(Cl)c1ccccc1)c1ccc(Cl)cc12. The van der Waals surface area contributed by atoms with Gasteiger partial charge in [0.25, 0.3) is 0 Å². The highest BCUT2D eigenvalue weighted by atomic mass is 35.5. The zero-order valence-electron chi connectivity index (χ0n) is 11.8. The van der Waals surface area contributed by atoms with Gasteiger partial charge in [0.1, 0.15) is 10.9 Å². The van der Waals surface area contributed by atoms with Gasteiger partial charge in [-0.05, 0) is 18.2 Å². The number of aliphatic imine (C=N–C) groups is 1. The lowest BCUT2D eigenvalue weighted by molar-refractivity contribution is 0.0499. The van der Waals surface area contributed by atoms with Crippen molar-refractivity contribution in [2.75, 3.05) is 0 Å². The highest BCUT2D eigenvalue weighted by molar-refractivity contribution is 6.70. The minimum Gasteiger partial charge on any atom is -0.439 e. The summed E-state index contributed by atoms with van der Waals surface area (Å²) < 4.78 is 6.87. The van der Waals surface area contributed by atoms with Crippen LogP contribution >= 0.6 is 23.2 Å². The Balaban J connectivity index is 1.97. The minimum absolute atomic E-state index is 0.156. The third-order valence-corrected chi connectivity index (χ3v) is 4.28. The lowest BCUT2D eigenvalue weighted by Gasteiger charge is -2.00. The minimum atomic E-state index is -0.409. The van der Waals surface area contributed by atoms with Crippen LogP contribution in [-0.2, 0) is 11.5 Å². The van der Waals surface area contributed by atoms with E-state index < -0.39 is 5.97 Å². The number of esters is 1. The summed E-state index contributed by atoms with van der Waals surface area (Å²) in [5.74, 6) is -0.409. The molecule has 0 spiro atoms. The number of nitrogens with zero attached hydrogens (tertiary/aromatic N) is 2. The van der Waals surface area contributed by atoms with Gasteiger partial charge in [0, 0.05) is 16.0 Å². The van der Waals surface area contributed by atoms with Gasteiger partial charge in [-0.25, -0.2) is 9.79 Å². The Morgan fingerprint density at radius 3 is 2.74 bits per heavy atom. The number of carbonyl (C=O) groups is 1. The van der Waals surface area contributed by atoms with E-state index in [-0.39, 0.29) is 6.73 Å². The van der Waals surface area contributed by atoms with E-state index in [2.05, 4.69) is 4.99 Å². The van der Waals surface area contributed by atoms with Gasteiger partial charge in [-0.15, -0.1) is 0 Å². The fourth-order valence-electron chi connectivity index (χ4n) is 2.69.